The van der Waals surface area contributed by atoms with Crippen LogP contribution < -0.4 is 20.1 Å². The summed E-state index contributed by atoms with van der Waals surface area (Å²) in [5.74, 6) is -1.01. The lowest BCUT2D eigenvalue weighted by atomic mass is 10.1. The maximum atomic E-state index is 14.0. The van der Waals surface area contributed by atoms with Gasteiger partial charge in [0.05, 0.1) is 28.6 Å². The molecule has 0 spiro atoms. The molecule has 1 aliphatic rings. The highest BCUT2D eigenvalue weighted by Crippen LogP contribution is 2.32. The minimum absolute atomic E-state index is 0.00700. The fourth-order valence-electron chi connectivity index (χ4n) is 3.12. The Morgan fingerprint density at radius 2 is 1.93 bits per heavy atom. The number of hydrogen-bond acceptors (Lipinski definition) is 5. The third-order valence-corrected chi connectivity index (χ3v) is 5.09. The first-order valence-electron chi connectivity index (χ1n) is 9.27. The van der Waals surface area contributed by atoms with Crippen molar-refractivity contribution in [1.82, 2.24) is 4.98 Å². The Bertz CT molecular complexity index is 903. The zero-order valence-electron chi connectivity index (χ0n) is 16.1. The van der Waals surface area contributed by atoms with Crippen LogP contribution in [0.15, 0.2) is 24.4 Å². The first-order valence-corrected chi connectivity index (χ1v) is 10.0. The number of nitrogens with two attached hydrogens (primary N) is 1. The van der Waals surface area contributed by atoms with Gasteiger partial charge in [-0.15, -0.1) is 0 Å². The predicted octanol–water partition coefficient (Wildman–Crippen LogP) is 4.46. The van der Waals surface area contributed by atoms with E-state index < -0.39 is 11.7 Å². The lowest BCUT2D eigenvalue weighted by Crippen LogP contribution is -2.38. The van der Waals surface area contributed by atoms with Gasteiger partial charge in [0.2, 0.25) is 5.88 Å². The summed E-state index contributed by atoms with van der Waals surface area (Å²) in [5.41, 5.74) is 5.77. The van der Waals surface area contributed by atoms with Gasteiger partial charge < -0.3 is 20.1 Å². The zero-order valence-corrected chi connectivity index (χ0v) is 17.6. The van der Waals surface area contributed by atoms with Crippen LogP contribution in [-0.4, -0.2) is 36.2 Å². The first-order chi connectivity index (χ1) is 13.7. The molecule has 1 saturated heterocycles. The molecule has 3 rings (SSSR count). The van der Waals surface area contributed by atoms with Crippen molar-refractivity contribution in [2.45, 2.75) is 38.9 Å². The van der Waals surface area contributed by atoms with Crippen LogP contribution in [0.3, 0.4) is 0 Å². The van der Waals surface area contributed by atoms with Crippen LogP contribution in [0.25, 0.3) is 0 Å². The minimum Gasteiger partial charge on any atom is -0.489 e. The van der Waals surface area contributed by atoms with E-state index in [-0.39, 0.29) is 28.5 Å². The van der Waals surface area contributed by atoms with E-state index >= 15 is 0 Å². The van der Waals surface area contributed by atoms with Gasteiger partial charge in [-0.3, -0.25) is 4.79 Å². The monoisotopic (exact) mass is 441 g/mol. The van der Waals surface area contributed by atoms with Crippen LogP contribution in [0, 0.1) is 5.82 Å². The number of pyridine rings is 1. The standard InChI is InChI=1S/C20H22Cl2FN3O3/c1-11(2)28-20-16(22)7-12(10-25-20)26-5-3-13(4-6-26)29-18-9-17(23)14(19(24)27)8-15(18)21/h7-11,13H,3-6H2,1-2H3,(H2,24,27). The Balaban J connectivity index is 1.62. The Kier molecular flexibility index (Phi) is 6.70. The molecule has 156 valence electrons. The lowest BCUT2D eigenvalue weighted by Gasteiger charge is -2.33. The number of ether oxygens (including phenoxy) is 2. The number of rotatable bonds is 6. The van der Waals surface area contributed by atoms with Gasteiger partial charge in [-0.25, -0.2) is 9.37 Å². The second-order valence-corrected chi connectivity index (χ2v) is 7.89. The number of carbonyl (C=O) groups excluding carboxylic acids is 1. The third kappa shape index (κ3) is 5.22. The maximum Gasteiger partial charge on any atom is 0.251 e. The molecule has 1 aromatic heterocycles. The first kappa shape index (κ1) is 21.5. The molecular weight excluding hydrogens is 420 g/mol. The molecule has 6 nitrogen and oxygen atoms in total. The summed E-state index contributed by atoms with van der Waals surface area (Å²) in [5, 5.41) is 0.616. The molecule has 0 radical (unpaired) electrons. The second-order valence-electron chi connectivity index (χ2n) is 7.08. The molecule has 1 aliphatic heterocycles. The van der Waals surface area contributed by atoms with E-state index in [1.807, 2.05) is 19.9 Å². The Morgan fingerprint density at radius 3 is 2.52 bits per heavy atom. The van der Waals surface area contributed by atoms with Gasteiger partial charge in [0.1, 0.15) is 22.7 Å². The molecule has 2 aromatic rings. The molecule has 9 heteroatoms. The highest BCUT2D eigenvalue weighted by atomic mass is 35.5. The summed E-state index contributed by atoms with van der Waals surface area (Å²) in [6, 6.07) is 4.13. The van der Waals surface area contributed by atoms with Gasteiger partial charge in [-0.1, -0.05) is 23.2 Å². The van der Waals surface area contributed by atoms with E-state index in [1.54, 1.807) is 6.20 Å². The highest BCUT2D eigenvalue weighted by molar-refractivity contribution is 6.32. The van der Waals surface area contributed by atoms with Crippen molar-refractivity contribution in [2.24, 2.45) is 5.73 Å². The van der Waals surface area contributed by atoms with E-state index in [0.29, 0.717) is 36.8 Å². The van der Waals surface area contributed by atoms with Gasteiger partial charge in [0.15, 0.2) is 0 Å². The molecule has 29 heavy (non-hydrogen) atoms. The van der Waals surface area contributed by atoms with E-state index in [9.17, 15) is 9.18 Å². The van der Waals surface area contributed by atoms with Crippen LogP contribution in [0.5, 0.6) is 11.6 Å². The summed E-state index contributed by atoms with van der Waals surface area (Å²) >= 11 is 12.4. The number of halogens is 3. The van der Waals surface area contributed by atoms with Crippen molar-refractivity contribution >= 4 is 34.8 Å². The van der Waals surface area contributed by atoms with Crippen LogP contribution in [0.2, 0.25) is 10.0 Å². The fourth-order valence-corrected chi connectivity index (χ4v) is 3.53. The molecule has 2 heterocycles. The Labute approximate surface area is 178 Å². The number of hydrogen-bond donors (Lipinski definition) is 1. The summed E-state index contributed by atoms with van der Waals surface area (Å²) in [4.78, 5) is 17.6. The summed E-state index contributed by atoms with van der Waals surface area (Å²) in [6.07, 6.45) is 3.01. The largest absolute Gasteiger partial charge is 0.489 e. The van der Waals surface area contributed by atoms with Gasteiger partial charge in [-0.05, 0) is 26.0 Å². The lowest BCUT2D eigenvalue weighted by molar-refractivity contribution is 0.0996. The quantitative estimate of drug-likeness (QED) is 0.715. The molecule has 1 fully saturated rings. The number of carbonyl (C=O) groups is 1. The fraction of sp³-hybridized carbons (Fsp3) is 0.400. The van der Waals surface area contributed by atoms with Gasteiger partial charge >= 0.3 is 0 Å². The van der Waals surface area contributed by atoms with Gasteiger partial charge in [0.25, 0.3) is 5.91 Å². The van der Waals surface area contributed by atoms with E-state index in [2.05, 4.69) is 9.88 Å². The van der Waals surface area contributed by atoms with Crippen molar-refractivity contribution in [3.8, 4) is 11.6 Å². The van der Waals surface area contributed by atoms with Gasteiger partial charge in [0, 0.05) is 32.0 Å². The molecule has 0 atom stereocenters. The summed E-state index contributed by atoms with van der Waals surface area (Å²) in [7, 11) is 0. The van der Waals surface area contributed by atoms with Crippen molar-refractivity contribution in [2.75, 3.05) is 18.0 Å². The zero-order chi connectivity index (χ0) is 21.1. The van der Waals surface area contributed by atoms with Crippen LogP contribution >= 0.6 is 23.2 Å². The normalized spacial score (nSPS) is 14.9. The molecule has 0 saturated carbocycles. The number of amides is 1. The molecular formula is C20H22Cl2FN3O3. The number of aromatic nitrogens is 1. The number of piperidine rings is 1. The molecule has 1 amide bonds. The van der Waals surface area contributed by atoms with E-state index in [1.165, 1.54) is 6.07 Å². The molecule has 0 aliphatic carbocycles. The van der Waals surface area contributed by atoms with Crippen molar-refractivity contribution in [3.05, 3.63) is 45.8 Å². The predicted molar refractivity (Wildman–Crippen MR) is 111 cm³/mol. The Hall–Kier alpha value is -2.25. The van der Waals surface area contributed by atoms with Crippen LogP contribution in [0.1, 0.15) is 37.0 Å². The second kappa shape index (κ2) is 9.05. The SMILES string of the molecule is CC(C)Oc1ncc(N2CCC(Oc3cc(F)c(C(N)=O)cc3Cl)CC2)cc1Cl. The average molecular weight is 442 g/mol. The molecule has 0 bridgehead atoms. The smallest absolute Gasteiger partial charge is 0.251 e. The van der Waals surface area contributed by atoms with Crippen molar-refractivity contribution in [1.29, 1.82) is 0 Å². The molecule has 2 N–H and O–H groups in total. The number of primary amides is 1. The van der Waals surface area contributed by atoms with E-state index in [0.717, 1.165) is 11.8 Å². The van der Waals surface area contributed by atoms with Crippen molar-refractivity contribution < 1.29 is 18.7 Å². The van der Waals surface area contributed by atoms with Crippen molar-refractivity contribution in [3.63, 3.8) is 0 Å². The van der Waals surface area contributed by atoms with Gasteiger partial charge in [-0.2, -0.15) is 0 Å². The molecule has 0 unspecified atom stereocenters. The number of benzene rings is 1. The topological polar surface area (TPSA) is 77.7 Å². The maximum absolute atomic E-state index is 14.0. The third-order valence-electron chi connectivity index (χ3n) is 4.53. The van der Waals surface area contributed by atoms with E-state index in [4.69, 9.17) is 38.4 Å². The molecule has 1 aromatic carbocycles. The van der Waals surface area contributed by atoms with Crippen LogP contribution in [0.4, 0.5) is 10.1 Å². The average Bonchev–Trinajstić information content (AvgIpc) is 2.66. The summed E-state index contributed by atoms with van der Waals surface area (Å²) in [6.45, 7) is 5.26. The highest BCUT2D eigenvalue weighted by Gasteiger charge is 2.23. The Morgan fingerprint density at radius 1 is 1.24 bits per heavy atom. The van der Waals surface area contributed by atoms with Crippen LogP contribution in [-0.2, 0) is 0 Å². The number of nitrogens with zero attached hydrogens (tertiary/aromatic N) is 2. The summed E-state index contributed by atoms with van der Waals surface area (Å²) < 4.78 is 25.4. The minimum atomic E-state index is -0.874. The number of anilines is 1.